The molecule has 0 unspecified atom stereocenters. The van der Waals surface area contributed by atoms with E-state index in [1.54, 1.807) is 18.3 Å². The van der Waals surface area contributed by atoms with Crippen molar-refractivity contribution in [2.75, 3.05) is 11.5 Å². The highest BCUT2D eigenvalue weighted by molar-refractivity contribution is 7.91. The van der Waals surface area contributed by atoms with Crippen LogP contribution in [0.15, 0.2) is 30.1 Å². The third-order valence-corrected chi connectivity index (χ3v) is 4.70. The Balaban J connectivity index is 2.08. The highest BCUT2D eigenvalue weighted by Gasteiger charge is 2.29. The molecule has 0 bridgehead atoms. The molecule has 0 aromatic carbocycles. The Morgan fingerprint density at radius 2 is 2.35 bits per heavy atom. The van der Waals surface area contributed by atoms with Crippen LogP contribution >= 0.6 is 0 Å². The fraction of sp³-hybridized carbons (Fsp3) is 0.308. The largest absolute Gasteiger partial charge is 0.348 e. The third kappa shape index (κ3) is 3.65. The van der Waals surface area contributed by atoms with Crippen molar-refractivity contribution in [1.82, 2.24) is 10.3 Å². The Hall–Kier alpha value is -2.20. The van der Waals surface area contributed by atoms with E-state index in [0.29, 0.717) is 12.0 Å². The van der Waals surface area contributed by atoms with E-state index in [-0.39, 0.29) is 17.1 Å². The van der Waals surface area contributed by atoms with Crippen LogP contribution in [-0.2, 0) is 14.6 Å². The predicted octanol–water partition coefficient (Wildman–Crippen LogP) is 0.292. The van der Waals surface area contributed by atoms with Crippen molar-refractivity contribution in [3.8, 4) is 6.07 Å². The first-order valence-corrected chi connectivity index (χ1v) is 7.85. The smallest absolute Gasteiger partial charge is 0.262 e. The second kappa shape index (κ2) is 5.84. The summed E-state index contributed by atoms with van der Waals surface area (Å²) in [6, 6.07) is 4.82. The summed E-state index contributed by atoms with van der Waals surface area (Å²) >= 11 is 0. The van der Waals surface area contributed by atoms with Crippen LogP contribution < -0.4 is 5.32 Å². The normalized spacial score (nSPS) is 21.1. The molecule has 1 aliphatic heterocycles. The van der Waals surface area contributed by atoms with Gasteiger partial charge in [-0.3, -0.25) is 9.78 Å². The molecule has 6 nitrogen and oxygen atoms in total. The molecule has 1 atom stereocenters. The summed E-state index contributed by atoms with van der Waals surface area (Å²) in [6.07, 6.45) is 4.93. The summed E-state index contributed by atoms with van der Waals surface area (Å²) in [5.74, 6) is -0.547. The first kappa shape index (κ1) is 14.2. The molecule has 2 rings (SSSR count). The standard InChI is InChI=1S/C13H13N3O3S/c14-7-11(6-10-2-1-4-15-8-10)13(17)16-12-3-5-20(18,19)9-12/h1-2,4,6,8,12H,3,5,9H2,(H,16,17)/b11-6+/t12-/m0/s1. The van der Waals surface area contributed by atoms with Crippen LogP contribution in [0, 0.1) is 11.3 Å². The molecule has 1 fully saturated rings. The molecule has 1 saturated heterocycles. The average Bonchev–Trinajstić information content (AvgIpc) is 2.76. The number of pyridine rings is 1. The maximum Gasteiger partial charge on any atom is 0.262 e. The SMILES string of the molecule is N#C/C(=C\c1cccnc1)C(=O)N[C@H]1CCS(=O)(=O)C1. The minimum absolute atomic E-state index is 0.0651. The van der Waals surface area contributed by atoms with Gasteiger partial charge >= 0.3 is 0 Å². The fourth-order valence-corrected chi connectivity index (χ4v) is 3.62. The lowest BCUT2D eigenvalue weighted by Gasteiger charge is -2.09. The van der Waals surface area contributed by atoms with Crippen molar-refractivity contribution >= 4 is 21.8 Å². The van der Waals surface area contributed by atoms with Gasteiger partial charge in [-0.25, -0.2) is 8.42 Å². The molecule has 0 aliphatic carbocycles. The molecule has 1 amide bonds. The number of rotatable bonds is 3. The number of amides is 1. The van der Waals surface area contributed by atoms with Crippen molar-refractivity contribution in [1.29, 1.82) is 5.26 Å². The van der Waals surface area contributed by atoms with Crippen LogP contribution in [0.25, 0.3) is 6.08 Å². The molecular weight excluding hydrogens is 278 g/mol. The molecule has 104 valence electrons. The minimum Gasteiger partial charge on any atom is -0.348 e. The van der Waals surface area contributed by atoms with Gasteiger partial charge in [-0.1, -0.05) is 6.07 Å². The van der Waals surface area contributed by atoms with Crippen LogP contribution in [0.2, 0.25) is 0 Å². The average molecular weight is 291 g/mol. The van der Waals surface area contributed by atoms with Crippen molar-refractivity contribution < 1.29 is 13.2 Å². The molecule has 0 saturated carbocycles. The zero-order valence-corrected chi connectivity index (χ0v) is 11.4. The van der Waals surface area contributed by atoms with Gasteiger partial charge in [0.1, 0.15) is 11.6 Å². The summed E-state index contributed by atoms with van der Waals surface area (Å²) in [4.78, 5) is 15.8. The Kier molecular flexibility index (Phi) is 4.15. The van der Waals surface area contributed by atoms with E-state index in [2.05, 4.69) is 10.3 Å². The molecule has 1 aromatic heterocycles. The second-order valence-corrected chi connectivity index (χ2v) is 6.76. The van der Waals surface area contributed by atoms with Gasteiger partial charge in [-0.15, -0.1) is 0 Å². The van der Waals surface area contributed by atoms with Gasteiger partial charge in [0, 0.05) is 18.4 Å². The van der Waals surface area contributed by atoms with E-state index in [1.807, 2.05) is 6.07 Å². The summed E-state index contributed by atoms with van der Waals surface area (Å²) in [5.41, 5.74) is 0.570. The summed E-state index contributed by atoms with van der Waals surface area (Å²) in [7, 11) is -3.06. The molecule has 2 heterocycles. The Bertz CT molecular complexity index is 675. The van der Waals surface area contributed by atoms with Gasteiger partial charge in [0.2, 0.25) is 0 Å². The van der Waals surface area contributed by atoms with Crippen molar-refractivity contribution in [2.45, 2.75) is 12.5 Å². The Morgan fingerprint density at radius 1 is 1.55 bits per heavy atom. The van der Waals surface area contributed by atoms with Crippen LogP contribution in [0.3, 0.4) is 0 Å². The number of aromatic nitrogens is 1. The quantitative estimate of drug-likeness (QED) is 0.637. The van der Waals surface area contributed by atoms with Gasteiger partial charge in [0.25, 0.3) is 5.91 Å². The number of nitriles is 1. The summed E-state index contributed by atoms with van der Waals surface area (Å²) < 4.78 is 22.6. The monoisotopic (exact) mass is 291 g/mol. The lowest BCUT2D eigenvalue weighted by Crippen LogP contribution is -2.36. The number of hydrogen-bond donors (Lipinski definition) is 1. The highest BCUT2D eigenvalue weighted by atomic mass is 32.2. The van der Waals surface area contributed by atoms with E-state index in [4.69, 9.17) is 5.26 Å². The Labute approximate surface area is 117 Å². The molecule has 1 aliphatic rings. The first-order chi connectivity index (χ1) is 9.50. The van der Waals surface area contributed by atoms with Crippen molar-refractivity contribution in [3.63, 3.8) is 0 Å². The lowest BCUT2D eigenvalue weighted by molar-refractivity contribution is -0.117. The molecule has 1 N–H and O–H groups in total. The summed E-state index contributed by atoms with van der Waals surface area (Å²) in [6.45, 7) is 0. The van der Waals surface area contributed by atoms with E-state index in [0.717, 1.165) is 0 Å². The van der Waals surface area contributed by atoms with Crippen LogP contribution in [-0.4, -0.2) is 36.9 Å². The molecule has 20 heavy (non-hydrogen) atoms. The van der Waals surface area contributed by atoms with E-state index < -0.39 is 21.8 Å². The third-order valence-electron chi connectivity index (χ3n) is 2.93. The zero-order valence-electron chi connectivity index (χ0n) is 10.6. The van der Waals surface area contributed by atoms with Gasteiger partial charge in [0.05, 0.1) is 11.5 Å². The molecule has 1 aromatic rings. The number of carbonyl (C=O) groups excluding carboxylic acids is 1. The zero-order chi connectivity index (χ0) is 14.6. The van der Waals surface area contributed by atoms with E-state index in [1.165, 1.54) is 12.3 Å². The first-order valence-electron chi connectivity index (χ1n) is 6.03. The minimum atomic E-state index is -3.06. The molecule has 7 heteroatoms. The van der Waals surface area contributed by atoms with Gasteiger partial charge in [-0.05, 0) is 24.1 Å². The number of hydrogen-bond acceptors (Lipinski definition) is 5. The number of nitrogens with one attached hydrogen (secondary N) is 1. The summed E-state index contributed by atoms with van der Waals surface area (Å²) in [5, 5.41) is 11.6. The maximum atomic E-state index is 11.9. The topological polar surface area (TPSA) is 99.9 Å². The fourth-order valence-electron chi connectivity index (χ4n) is 1.95. The van der Waals surface area contributed by atoms with Crippen molar-refractivity contribution in [3.05, 3.63) is 35.7 Å². The highest BCUT2D eigenvalue weighted by Crippen LogP contribution is 2.12. The number of nitrogens with zero attached hydrogens (tertiary/aromatic N) is 2. The maximum absolute atomic E-state index is 11.9. The van der Waals surface area contributed by atoms with Gasteiger partial charge < -0.3 is 5.32 Å². The Morgan fingerprint density at radius 3 is 2.90 bits per heavy atom. The van der Waals surface area contributed by atoms with E-state index in [9.17, 15) is 13.2 Å². The molecule has 0 spiro atoms. The molecular formula is C13H13N3O3S. The van der Waals surface area contributed by atoms with Crippen LogP contribution in [0.4, 0.5) is 0 Å². The van der Waals surface area contributed by atoms with Gasteiger partial charge in [0.15, 0.2) is 9.84 Å². The van der Waals surface area contributed by atoms with Gasteiger partial charge in [-0.2, -0.15) is 5.26 Å². The number of carbonyl (C=O) groups is 1. The van der Waals surface area contributed by atoms with E-state index >= 15 is 0 Å². The predicted molar refractivity (Wildman–Crippen MR) is 73.0 cm³/mol. The van der Waals surface area contributed by atoms with Crippen LogP contribution in [0.1, 0.15) is 12.0 Å². The van der Waals surface area contributed by atoms with Crippen molar-refractivity contribution in [2.24, 2.45) is 0 Å². The lowest BCUT2D eigenvalue weighted by atomic mass is 10.1. The second-order valence-electron chi connectivity index (χ2n) is 4.53. The van der Waals surface area contributed by atoms with Crippen LogP contribution in [0.5, 0.6) is 0 Å². The molecule has 0 radical (unpaired) electrons. The number of sulfone groups is 1.